The molecule has 0 N–H and O–H groups in total. The van der Waals surface area contributed by atoms with Gasteiger partial charge in [0.25, 0.3) is 5.22 Å². The van der Waals surface area contributed by atoms with Gasteiger partial charge in [-0.05, 0) is 38.3 Å². The van der Waals surface area contributed by atoms with Crippen LogP contribution >= 0.6 is 23.5 Å². The molecular weight excluding hydrogens is 373 g/mol. The van der Waals surface area contributed by atoms with Crippen molar-refractivity contribution in [2.75, 3.05) is 12.0 Å². The van der Waals surface area contributed by atoms with Gasteiger partial charge in [0.1, 0.15) is 5.82 Å². The van der Waals surface area contributed by atoms with Gasteiger partial charge >= 0.3 is 0 Å². The van der Waals surface area contributed by atoms with Crippen molar-refractivity contribution in [1.82, 2.24) is 14.8 Å². The predicted octanol–water partition coefficient (Wildman–Crippen LogP) is 4.45. The molecule has 0 bridgehead atoms. The lowest BCUT2D eigenvalue weighted by Gasteiger charge is -2.10. The summed E-state index contributed by atoms with van der Waals surface area (Å²) in [6.45, 7) is 3.68. The number of para-hydroxylation sites is 1. The standard InChI is InChI=1S/C18H18FN3O2S2/c1-11-8-13(12(2)22(11)15-7-5-4-6-14(15)19)16(23)9-26-18-21-20-17(24-18)10-25-3/h4-8H,9-10H2,1-3H3. The summed E-state index contributed by atoms with van der Waals surface area (Å²) < 4.78 is 21.4. The molecule has 0 aliphatic heterocycles. The van der Waals surface area contributed by atoms with Gasteiger partial charge in [0.15, 0.2) is 5.78 Å². The molecule has 2 aromatic heterocycles. The maximum atomic E-state index is 14.1. The fourth-order valence-electron chi connectivity index (χ4n) is 2.73. The maximum absolute atomic E-state index is 14.1. The van der Waals surface area contributed by atoms with E-state index in [0.717, 1.165) is 5.69 Å². The van der Waals surface area contributed by atoms with Crippen LogP contribution in [0.4, 0.5) is 4.39 Å². The van der Waals surface area contributed by atoms with Crippen LogP contribution in [0.1, 0.15) is 27.6 Å². The third kappa shape index (κ3) is 3.86. The molecule has 0 fully saturated rings. The summed E-state index contributed by atoms with van der Waals surface area (Å²) in [5.41, 5.74) is 2.53. The number of aryl methyl sites for hydroxylation is 1. The van der Waals surface area contributed by atoms with Gasteiger partial charge in [-0.3, -0.25) is 4.79 Å². The number of rotatable bonds is 7. The average Bonchev–Trinajstić information content (AvgIpc) is 3.18. The van der Waals surface area contributed by atoms with E-state index in [1.54, 1.807) is 40.6 Å². The molecule has 136 valence electrons. The van der Waals surface area contributed by atoms with Crippen molar-refractivity contribution in [2.45, 2.75) is 24.8 Å². The minimum atomic E-state index is -0.324. The van der Waals surface area contributed by atoms with Gasteiger partial charge in [-0.2, -0.15) is 11.8 Å². The molecule has 0 saturated heterocycles. The number of halogens is 1. The summed E-state index contributed by atoms with van der Waals surface area (Å²) >= 11 is 2.80. The van der Waals surface area contributed by atoms with Crippen molar-refractivity contribution in [3.8, 4) is 5.69 Å². The van der Waals surface area contributed by atoms with Crippen LogP contribution in [0.2, 0.25) is 0 Å². The zero-order chi connectivity index (χ0) is 18.7. The Morgan fingerprint density at radius 3 is 2.77 bits per heavy atom. The molecule has 0 amide bonds. The van der Waals surface area contributed by atoms with Gasteiger partial charge in [0, 0.05) is 17.0 Å². The molecule has 0 atom stereocenters. The first-order valence-corrected chi connectivity index (χ1v) is 10.3. The third-order valence-electron chi connectivity index (χ3n) is 3.87. The number of nitrogens with zero attached hydrogens (tertiary/aromatic N) is 3. The number of carbonyl (C=O) groups is 1. The maximum Gasteiger partial charge on any atom is 0.277 e. The van der Waals surface area contributed by atoms with E-state index < -0.39 is 0 Å². The van der Waals surface area contributed by atoms with Crippen LogP contribution in [0, 0.1) is 19.7 Å². The molecule has 26 heavy (non-hydrogen) atoms. The Kier molecular flexibility index (Phi) is 5.83. The fraction of sp³-hybridized carbons (Fsp3) is 0.278. The summed E-state index contributed by atoms with van der Waals surface area (Å²) in [5.74, 6) is 0.990. The minimum Gasteiger partial charge on any atom is -0.415 e. The Bertz CT molecular complexity index is 936. The van der Waals surface area contributed by atoms with E-state index in [9.17, 15) is 9.18 Å². The van der Waals surface area contributed by atoms with Gasteiger partial charge in [-0.25, -0.2) is 4.39 Å². The topological polar surface area (TPSA) is 60.9 Å². The molecule has 0 saturated carbocycles. The van der Waals surface area contributed by atoms with Crippen molar-refractivity contribution >= 4 is 29.3 Å². The van der Waals surface area contributed by atoms with E-state index in [1.807, 2.05) is 20.1 Å². The highest BCUT2D eigenvalue weighted by Crippen LogP contribution is 2.25. The number of hydrogen-bond acceptors (Lipinski definition) is 6. The lowest BCUT2D eigenvalue weighted by Crippen LogP contribution is -2.06. The van der Waals surface area contributed by atoms with Gasteiger partial charge < -0.3 is 8.98 Å². The zero-order valence-corrected chi connectivity index (χ0v) is 16.3. The summed E-state index contributed by atoms with van der Waals surface area (Å²) in [6.07, 6.45) is 1.95. The molecular formula is C18H18FN3O2S2. The smallest absolute Gasteiger partial charge is 0.277 e. The highest BCUT2D eigenvalue weighted by molar-refractivity contribution is 7.99. The summed E-state index contributed by atoms with van der Waals surface area (Å²) in [5, 5.41) is 8.24. The Labute approximate surface area is 159 Å². The van der Waals surface area contributed by atoms with Crippen molar-refractivity contribution in [2.24, 2.45) is 0 Å². The third-order valence-corrected chi connectivity index (χ3v) is 5.22. The van der Waals surface area contributed by atoms with Crippen LogP contribution in [0.5, 0.6) is 0 Å². The second kappa shape index (κ2) is 8.09. The van der Waals surface area contributed by atoms with Crippen LogP contribution in [0.15, 0.2) is 40.0 Å². The summed E-state index contributed by atoms with van der Waals surface area (Å²) in [4.78, 5) is 12.6. The first-order chi connectivity index (χ1) is 12.5. The van der Waals surface area contributed by atoms with E-state index in [-0.39, 0.29) is 17.4 Å². The fourth-order valence-corrected chi connectivity index (χ4v) is 3.76. The van der Waals surface area contributed by atoms with Crippen LogP contribution in [0.25, 0.3) is 5.69 Å². The zero-order valence-electron chi connectivity index (χ0n) is 14.7. The Morgan fingerprint density at radius 2 is 2.04 bits per heavy atom. The van der Waals surface area contributed by atoms with E-state index in [1.165, 1.54) is 17.8 Å². The lowest BCUT2D eigenvalue weighted by atomic mass is 10.2. The molecule has 0 aliphatic carbocycles. The number of Topliss-reactive ketones (excluding diaryl/α,β-unsaturated/α-hetero) is 1. The molecule has 0 unspecified atom stereocenters. The Balaban J connectivity index is 1.78. The SMILES string of the molecule is CSCc1nnc(SCC(=O)c2cc(C)n(-c3ccccc3F)c2C)o1. The normalized spacial score (nSPS) is 11.1. The van der Waals surface area contributed by atoms with Crippen molar-refractivity contribution in [3.05, 3.63) is 59.0 Å². The number of thioether (sulfide) groups is 2. The number of benzene rings is 1. The molecule has 0 spiro atoms. The van der Waals surface area contributed by atoms with Crippen molar-refractivity contribution < 1.29 is 13.6 Å². The molecule has 2 heterocycles. The number of ketones is 1. The highest BCUT2D eigenvalue weighted by Gasteiger charge is 2.19. The highest BCUT2D eigenvalue weighted by atomic mass is 32.2. The second-order valence-electron chi connectivity index (χ2n) is 5.68. The predicted molar refractivity (Wildman–Crippen MR) is 102 cm³/mol. The molecule has 8 heteroatoms. The van der Waals surface area contributed by atoms with E-state index >= 15 is 0 Å². The molecule has 0 radical (unpaired) electrons. The van der Waals surface area contributed by atoms with E-state index in [4.69, 9.17) is 4.42 Å². The van der Waals surface area contributed by atoms with Gasteiger partial charge in [0.2, 0.25) is 5.89 Å². The molecule has 5 nitrogen and oxygen atoms in total. The Hall–Kier alpha value is -2.06. The lowest BCUT2D eigenvalue weighted by molar-refractivity contribution is 0.102. The Morgan fingerprint density at radius 1 is 1.27 bits per heavy atom. The number of hydrogen-bond donors (Lipinski definition) is 0. The van der Waals surface area contributed by atoms with Gasteiger partial charge in [-0.1, -0.05) is 23.9 Å². The molecule has 0 aliphatic rings. The number of aromatic nitrogens is 3. The first kappa shape index (κ1) is 18.7. The van der Waals surface area contributed by atoms with Crippen LogP contribution < -0.4 is 0 Å². The van der Waals surface area contributed by atoms with Crippen molar-refractivity contribution in [3.63, 3.8) is 0 Å². The summed E-state index contributed by atoms with van der Waals surface area (Å²) in [7, 11) is 0. The first-order valence-electron chi connectivity index (χ1n) is 7.92. The molecule has 3 rings (SSSR count). The van der Waals surface area contributed by atoms with E-state index in [2.05, 4.69) is 10.2 Å². The quantitative estimate of drug-likeness (QED) is 0.438. The van der Waals surface area contributed by atoms with Crippen LogP contribution in [-0.2, 0) is 5.75 Å². The number of carbonyl (C=O) groups excluding carboxylic acids is 1. The minimum absolute atomic E-state index is 0.0599. The molecule has 1 aromatic carbocycles. The second-order valence-corrected chi connectivity index (χ2v) is 7.47. The monoisotopic (exact) mass is 391 g/mol. The average molecular weight is 391 g/mol. The van der Waals surface area contributed by atoms with Crippen LogP contribution in [-0.4, -0.2) is 32.6 Å². The summed E-state index contributed by atoms with van der Waals surface area (Å²) in [6, 6.07) is 8.32. The largest absolute Gasteiger partial charge is 0.415 e. The van der Waals surface area contributed by atoms with Gasteiger partial charge in [-0.15, -0.1) is 10.2 Å². The molecule has 3 aromatic rings. The van der Waals surface area contributed by atoms with E-state index in [0.29, 0.717) is 33.8 Å². The van der Waals surface area contributed by atoms with Crippen LogP contribution in [0.3, 0.4) is 0 Å². The van der Waals surface area contributed by atoms with Crippen molar-refractivity contribution in [1.29, 1.82) is 0 Å². The van der Waals surface area contributed by atoms with Gasteiger partial charge in [0.05, 0.1) is 17.2 Å².